The Morgan fingerprint density at radius 1 is 1.05 bits per heavy atom. The minimum atomic E-state index is 0.674. The van der Waals surface area contributed by atoms with Crippen molar-refractivity contribution in [3.05, 3.63) is 24.3 Å². The molecular formula is C18H29NO2. The number of rotatable bonds is 8. The minimum absolute atomic E-state index is 0.674. The third-order valence-electron chi connectivity index (χ3n) is 4.15. The molecule has 0 saturated carbocycles. The largest absolute Gasteiger partial charge is 0.490 e. The van der Waals surface area contributed by atoms with Crippen LogP contribution in [0.15, 0.2) is 24.3 Å². The van der Waals surface area contributed by atoms with Crippen LogP contribution in [0.2, 0.25) is 0 Å². The SMILES string of the molecule is CCOc1ccccc1OCCCCN1CCC(C)CC1. The molecular weight excluding hydrogens is 262 g/mol. The van der Waals surface area contributed by atoms with Gasteiger partial charge in [-0.25, -0.2) is 0 Å². The highest BCUT2D eigenvalue weighted by Gasteiger charge is 2.14. The van der Waals surface area contributed by atoms with E-state index in [1.165, 1.54) is 38.9 Å². The molecule has 1 aliphatic rings. The van der Waals surface area contributed by atoms with Crippen molar-refractivity contribution in [2.24, 2.45) is 5.92 Å². The van der Waals surface area contributed by atoms with E-state index in [1.807, 2.05) is 31.2 Å². The molecule has 1 heterocycles. The van der Waals surface area contributed by atoms with Crippen LogP contribution in [-0.4, -0.2) is 37.7 Å². The Labute approximate surface area is 129 Å². The van der Waals surface area contributed by atoms with E-state index in [4.69, 9.17) is 9.47 Å². The molecule has 1 fully saturated rings. The number of nitrogens with zero attached hydrogens (tertiary/aromatic N) is 1. The lowest BCUT2D eigenvalue weighted by molar-refractivity contribution is 0.184. The average molecular weight is 291 g/mol. The molecule has 2 rings (SSSR count). The summed E-state index contributed by atoms with van der Waals surface area (Å²) < 4.78 is 11.4. The first kappa shape index (κ1) is 16.2. The van der Waals surface area contributed by atoms with Crippen LogP contribution in [0.1, 0.15) is 39.5 Å². The van der Waals surface area contributed by atoms with Gasteiger partial charge in [0, 0.05) is 0 Å². The van der Waals surface area contributed by atoms with Crippen molar-refractivity contribution in [3.8, 4) is 11.5 Å². The van der Waals surface area contributed by atoms with E-state index in [-0.39, 0.29) is 0 Å². The number of piperidine rings is 1. The number of likely N-dealkylation sites (tertiary alicyclic amines) is 1. The van der Waals surface area contributed by atoms with E-state index in [1.54, 1.807) is 0 Å². The predicted octanol–water partition coefficient (Wildman–Crippen LogP) is 3.98. The third-order valence-corrected chi connectivity index (χ3v) is 4.15. The fourth-order valence-electron chi connectivity index (χ4n) is 2.75. The third kappa shape index (κ3) is 5.58. The van der Waals surface area contributed by atoms with Crippen LogP contribution in [0.4, 0.5) is 0 Å². The summed E-state index contributed by atoms with van der Waals surface area (Å²) in [6, 6.07) is 7.92. The van der Waals surface area contributed by atoms with Gasteiger partial charge in [0.2, 0.25) is 0 Å². The molecule has 118 valence electrons. The van der Waals surface area contributed by atoms with E-state index >= 15 is 0 Å². The molecule has 0 bridgehead atoms. The van der Waals surface area contributed by atoms with Gasteiger partial charge in [-0.2, -0.15) is 0 Å². The van der Waals surface area contributed by atoms with Gasteiger partial charge in [0.15, 0.2) is 11.5 Å². The molecule has 1 aliphatic heterocycles. The van der Waals surface area contributed by atoms with Gasteiger partial charge in [-0.1, -0.05) is 19.1 Å². The summed E-state index contributed by atoms with van der Waals surface area (Å²) in [4.78, 5) is 2.59. The smallest absolute Gasteiger partial charge is 0.161 e. The van der Waals surface area contributed by atoms with Crippen LogP contribution < -0.4 is 9.47 Å². The summed E-state index contributed by atoms with van der Waals surface area (Å²) in [5.41, 5.74) is 0. The monoisotopic (exact) mass is 291 g/mol. The van der Waals surface area contributed by atoms with Gasteiger partial charge in [-0.05, 0) is 70.3 Å². The van der Waals surface area contributed by atoms with Crippen molar-refractivity contribution in [2.45, 2.75) is 39.5 Å². The highest BCUT2D eigenvalue weighted by molar-refractivity contribution is 5.39. The molecule has 0 amide bonds. The van der Waals surface area contributed by atoms with Crippen LogP contribution >= 0.6 is 0 Å². The Hall–Kier alpha value is -1.22. The fourth-order valence-corrected chi connectivity index (χ4v) is 2.75. The van der Waals surface area contributed by atoms with Crippen molar-refractivity contribution in [3.63, 3.8) is 0 Å². The van der Waals surface area contributed by atoms with Crippen LogP contribution in [-0.2, 0) is 0 Å². The van der Waals surface area contributed by atoms with Gasteiger partial charge in [-0.3, -0.25) is 0 Å². The number of hydrogen-bond donors (Lipinski definition) is 0. The van der Waals surface area contributed by atoms with Crippen molar-refractivity contribution < 1.29 is 9.47 Å². The quantitative estimate of drug-likeness (QED) is 0.676. The highest BCUT2D eigenvalue weighted by atomic mass is 16.5. The highest BCUT2D eigenvalue weighted by Crippen LogP contribution is 2.26. The standard InChI is InChI=1S/C18H29NO2/c1-3-20-17-8-4-5-9-18(17)21-15-7-6-12-19-13-10-16(2)11-14-19/h4-5,8-9,16H,3,6-7,10-15H2,1-2H3. The summed E-state index contributed by atoms with van der Waals surface area (Å²) >= 11 is 0. The van der Waals surface area contributed by atoms with Gasteiger partial charge in [-0.15, -0.1) is 0 Å². The number of unbranched alkanes of at least 4 members (excludes halogenated alkanes) is 1. The second kappa shape index (κ2) is 8.93. The van der Waals surface area contributed by atoms with Crippen molar-refractivity contribution in [2.75, 3.05) is 32.8 Å². The normalized spacial score (nSPS) is 16.9. The van der Waals surface area contributed by atoms with Gasteiger partial charge in [0.25, 0.3) is 0 Å². The number of benzene rings is 1. The summed E-state index contributed by atoms with van der Waals surface area (Å²) in [6.07, 6.45) is 5.04. The molecule has 0 aliphatic carbocycles. The first-order valence-electron chi connectivity index (χ1n) is 8.36. The second-order valence-electron chi connectivity index (χ2n) is 5.96. The minimum Gasteiger partial charge on any atom is -0.490 e. The molecule has 0 aromatic heterocycles. The molecule has 0 unspecified atom stereocenters. The maximum absolute atomic E-state index is 5.85. The molecule has 21 heavy (non-hydrogen) atoms. The number of para-hydroxylation sites is 2. The summed E-state index contributed by atoms with van der Waals surface area (Å²) in [5.74, 6) is 2.64. The maximum Gasteiger partial charge on any atom is 0.161 e. The molecule has 3 nitrogen and oxygen atoms in total. The van der Waals surface area contributed by atoms with E-state index in [9.17, 15) is 0 Å². The zero-order chi connectivity index (χ0) is 14.9. The van der Waals surface area contributed by atoms with E-state index in [0.29, 0.717) is 6.61 Å². The van der Waals surface area contributed by atoms with Gasteiger partial charge in [0.1, 0.15) is 0 Å². The second-order valence-corrected chi connectivity index (χ2v) is 5.96. The van der Waals surface area contributed by atoms with Crippen LogP contribution in [0, 0.1) is 5.92 Å². The lowest BCUT2D eigenvalue weighted by atomic mass is 9.99. The molecule has 0 atom stereocenters. The molecule has 1 aromatic rings. The van der Waals surface area contributed by atoms with Crippen molar-refractivity contribution in [1.82, 2.24) is 4.90 Å². The Morgan fingerprint density at radius 2 is 1.71 bits per heavy atom. The lowest BCUT2D eigenvalue weighted by Crippen LogP contribution is -2.33. The zero-order valence-electron chi connectivity index (χ0n) is 13.5. The molecule has 0 radical (unpaired) electrons. The van der Waals surface area contributed by atoms with Crippen LogP contribution in [0.25, 0.3) is 0 Å². The Bertz CT molecular complexity index is 400. The van der Waals surface area contributed by atoms with E-state index < -0.39 is 0 Å². The Morgan fingerprint density at radius 3 is 2.38 bits per heavy atom. The van der Waals surface area contributed by atoms with Crippen molar-refractivity contribution >= 4 is 0 Å². The average Bonchev–Trinajstić information content (AvgIpc) is 2.51. The van der Waals surface area contributed by atoms with Crippen LogP contribution in [0.3, 0.4) is 0 Å². The van der Waals surface area contributed by atoms with E-state index in [0.717, 1.165) is 30.4 Å². The van der Waals surface area contributed by atoms with Crippen molar-refractivity contribution in [1.29, 1.82) is 0 Å². The first-order valence-corrected chi connectivity index (χ1v) is 8.36. The summed E-state index contributed by atoms with van der Waals surface area (Å²) in [6.45, 7) is 9.56. The van der Waals surface area contributed by atoms with Gasteiger partial charge in [0.05, 0.1) is 13.2 Å². The van der Waals surface area contributed by atoms with Gasteiger partial charge >= 0.3 is 0 Å². The fraction of sp³-hybridized carbons (Fsp3) is 0.667. The van der Waals surface area contributed by atoms with Gasteiger partial charge < -0.3 is 14.4 Å². The Balaban J connectivity index is 1.61. The summed E-state index contributed by atoms with van der Waals surface area (Å²) in [5, 5.41) is 0. The molecule has 0 N–H and O–H groups in total. The molecule has 1 saturated heterocycles. The summed E-state index contributed by atoms with van der Waals surface area (Å²) in [7, 11) is 0. The molecule has 3 heteroatoms. The lowest BCUT2D eigenvalue weighted by Gasteiger charge is -2.30. The predicted molar refractivity (Wildman–Crippen MR) is 87.2 cm³/mol. The number of ether oxygens (including phenoxy) is 2. The first-order chi connectivity index (χ1) is 10.3. The zero-order valence-corrected chi connectivity index (χ0v) is 13.5. The Kier molecular flexibility index (Phi) is 6.87. The van der Waals surface area contributed by atoms with E-state index in [2.05, 4.69) is 11.8 Å². The maximum atomic E-state index is 5.85. The topological polar surface area (TPSA) is 21.7 Å². The molecule has 1 aromatic carbocycles. The molecule has 0 spiro atoms. The van der Waals surface area contributed by atoms with Crippen LogP contribution in [0.5, 0.6) is 11.5 Å². The number of hydrogen-bond acceptors (Lipinski definition) is 3.